The molecule has 0 aliphatic carbocycles. The molecule has 1 heterocycles. The van der Waals surface area contributed by atoms with Gasteiger partial charge in [0, 0.05) is 12.1 Å². The predicted octanol–water partition coefficient (Wildman–Crippen LogP) is 2.79. The van der Waals surface area contributed by atoms with Crippen molar-refractivity contribution in [2.45, 2.75) is 31.2 Å². The molecule has 7 nitrogen and oxygen atoms in total. The van der Waals surface area contributed by atoms with Crippen LogP contribution in [0.25, 0.3) is 0 Å². The average molecular weight is 324 g/mol. The molecule has 1 aromatic heterocycles. The number of hydrogen-bond donors (Lipinski definition) is 1. The minimum atomic E-state index is -3.88. The van der Waals surface area contributed by atoms with Gasteiger partial charge >= 0.3 is 0 Å². The first-order valence-electron chi connectivity index (χ1n) is 6.61. The Morgan fingerprint density at radius 3 is 2.59 bits per heavy atom. The molecule has 0 saturated heterocycles. The first kappa shape index (κ1) is 16.2. The molecular formula is C14H16N2O5S. The highest BCUT2D eigenvalue weighted by Crippen LogP contribution is 2.27. The van der Waals surface area contributed by atoms with Crippen LogP contribution in [0.2, 0.25) is 0 Å². The third-order valence-electron chi connectivity index (χ3n) is 3.14. The molecule has 2 aromatic rings. The largest absolute Gasteiger partial charge is 0.468 e. The predicted molar refractivity (Wildman–Crippen MR) is 79.9 cm³/mol. The summed E-state index contributed by atoms with van der Waals surface area (Å²) in [4.78, 5) is 10.2. The molecule has 0 spiro atoms. The van der Waals surface area contributed by atoms with Crippen LogP contribution >= 0.6 is 0 Å². The van der Waals surface area contributed by atoms with Crippen LogP contribution in [0.5, 0.6) is 0 Å². The maximum Gasteiger partial charge on any atom is 0.270 e. The van der Waals surface area contributed by atoms with Crippen LogP contribution in [-0.4, -0.2) is 13.3 Å². The van der Waals surface area contributed by atoms with Gasteiger partial charge in [-0.05, 0) is 23.6 Å². The number of sulfonamides is 1. The number of nitrogens with zero attached hydrogens (tertiary/aromatic N) is 1. The number of rotatable bonds is 6. The SMILES string of the molecule is CC(C)c1ccc([N+](=O)[O-])cc1S(=O)(=O)NCc1ccco1. The summed E-state index contributed by atoms with van der Waals surface area (Å²) in [6.45, 7) is 3.63. The van der Waals surface area contributed by atoms with Gasteiger partial charge in [0.05, 0.1) is 22.6 Å². The zero-order chi connectivity index (χ0) is 16.3. The zero-order valence-electron chi connectivity index (χ0n) is 12.1. The van der Waals surface area contributed by atoms with E-state index in [1.807, 2.05) is 13.8 Å². The van der Waals surface area contributed by atoms with E-state index < -0.39 is 14.9 Å². The minimum Gasteiger partial charge on any atom is -0.468 e. The van der Waals surface area contributed by atoms with Crippen LogP contribution in [0.3, 0.4) is 0 Å². The fourth-order valence-corrected chi connectivity index (χ4v) is 3.38. The second-order valence-electron chi connectivity index (χ2n) is 5.04. The van der Waals surface area contributed by atoms with Crippen molar-refractivity contribution >= 4 is 15.7 Å². The molecule has 0 bridgehead atoms. The third-order valence-corrected chi connectivity index (χ3v) is 4.59. The Labute approximate surface area is 128 Å². The summed E-state index contributed by atoms with van der Waals surface area (Å²) >= 11 is 0. The maximum atomic E-state index is 12.5. The zero-order valence-corrected chi connectivity index (χ0v) is 13.0. The monoisotopic (exact) mass is 324 g/mol. The Hall–Kier alpha value is -2.19. The topological polar surface area (TPSA) is 102 Å². The Bertz CT molecular complexity index is 767. The Morgan fingerprint density at radius 1 is 1.32 bits per heavy atom. The lowest BCUT2D eigenvalue weighted by Crippen LogP contribution is -2.24. The molecule has 22 heavy (non-hydrogen) atoms. The Morgan fingerprint density at radius 2 is 2.05 bits per heavy atom. The van der Waals surface area contributed by atoms with Crippen molar-refractivity contribution in [1.82, 2.24) is 4.72 Å². The van der Waals surface area contributed by atoms with E-state index >= 15 is 0 Å². The summed E-state index contributed by atoms with van der Waals surface area (Å²) in [5, 5.41) is 10.9. The van der Waals surface area contributed by atoms with Crippen LogP contribution in [-0.2, 0) is 16.6 Å². The van der Waals surface area contributed by atoms with E-state index in [2.05, 4.69) is 4.72 Å². The fraction of sp³-hybridized carbons (Fsp3) is 0.286. The van der Waals surface area contributed by atoms with Gasteiger partial charge in [0.15, 0.2) is 0 Å². The maximum absolute atomic E-state index is 12.5. The second kappa shape index (κ2) is 6.29. The van der Waals surface area contributed by atoms with E-state index in [1.165, 1.54) is 18.4 Å². The molecule has 1 aromatic carbocycles. The first-order chi connectivity index (χ1) is 10.3. The third kappa shape index (κ3) is 3.52. The molecule has 0 aliphatic heterocycles. The van der Waals surface area contributed by atoms with Gasteiger partial charge in [0.2, 0.25) is 10.0 Å². The lowest BCUT2D eigenvalue weighted by molar-refractivity contribution is -0.385. The van der Waals surface area contributed by atoms with Crippen molar-refractivity contribution in [1.29, 1.82) is 0 Å². The molecule has 8 heteroatoms. The van der Waals surface area contributed by atoms with Crippen LogP contribution in [0.1, 0.15) is 31.1 Å². The number of nitro groups is 1. The van der Waals surface area contributed by atoms with Gasteiger partial charge in [-0.25, -0.2) is 13.1 Å². The smallest absolute Gasteiger partial charge is 0.270 e. The summed E-state index contributed by atoms with van der Waals surface area (Å²) in [6, 6.07) is 7.15. The van der Waals surface area contributed by atoms with Gasteiger partial charge in [-0.2, -0.15) is 0 Å². The highest BCUT2D eigenvalue weighted by molar-refractivity contribution is 7.89. The van der Waals surface area contributed by atoms with E-state index in [-0.39, 0.29) is 23.0 Å². The molecule has 1 N–H and O–H groups in total. The average Bonchev–Trinajstić information content (AvgIpc) is 2.97. The standard InChI is InChI=1S/C14H16N2O5S/c1-10(2)13-6-5-11(16(17)18)8-14(13)22(19,20)15-9-12-4-3-7-21-12/h3-8,10,15H,9H2,1-2H3. The van der Waals surface area contributed by atoms with Crippen molar-refractivity contribution in [3.63, 3.8) is 0 Å². The summed E-state index contributed by atoms with van der Waals surface area (Å²) in [6.07, 6.45) is 1.44. The van der Waals surface area contributed by atoms with Crippen molar-refractivity contribution in [2.24, 2.45) is 0 Å². The molecule has 0 atom stereocenters. The van der Waals surface area contributed by atoms with Crippen LogP contribution in [0, 0.1) is 10.1 Å². The quantitative estimate of drug-likeness (QED) is 0.650. The fourth-order valence-electron chi connectivity index (χ4n) is 2.00. The van der Waals surface area contributed by atoms with Crippen LogP contribution in [0.4, 0.5) is 5.69 Å². The van der Waals surface area contributed by atoms with Crippen molar-refractivity contribution in [3.05, 3.63) is 58.0 Å². The van der Waals surface area contributed by atoms with Crippen LogP contribution in [0.15, 0.2) is 45.9 Å². The second-order valence-corrected chi connectivity index (χ2v) is 6.77. The highest BCUT2D eigenvalue weighted by atomic mass is 32.2. The summed E-state index contributed by atoms with van der Waals surface area (Å²) < 4.78 is 32.4. The number of benzene rings is 1. The van der Waals surface area contributed by atoms with Gasteiger partial charge in [-0.1, -0.05) is 19.9 Å². The number of nitro benzene ring substituents is 1. The van der Waals surface area contributed by atoms with Gasteiger partial charge < -0.3 is 4.42 Å². The minimum absolute atomic E-state index is 0.0183. The normalized spacial score (nSPS) is 11.8. The number of nitrogens with one attached hydrogen (secondary N) is 1. The van der Waals surface area contributed by atoms with Gasteiger partial charge in [-0.15, -0.1) is 0 Å². The van der Waals surface area contributed by atoms with E-state index in [9.17, 15) is 18.5 Å². The van der Waals surface area contributed by atoms with Crippen molar-refractivity contribution in [3.8, 4) is 0 Å². The highest BCUT2D eigenvalue weighted by Gasteiger charge is 2.23. The number of hydrogen-bond acceptors (Lipinski definition) is 5. The molecule has 0 radical (unpaired) electrons. The van der Waals surface area contributed by atoms with E-state index in [0.717, 1.165) is 6.07 Å². The lowest BCUT2D eigenvalue weighted by Gasteiger charge is -2.13. The van der Waals surface area contributed by atoms with E-state index in [1.54, 1.807) is 12.1 Å². The Kier molecular flexibility index (Phi) is 4.62. The van der Waals surface area contributed by atoms with E-state index in [4.69, 9.17) is 4.42 Å². The van der Waals surface area contributed by atoms with Crippen LogP contribution < -0.4 is 4.72 Å². The molecule has 118 valence electrons. The molecule has 0 unspecified atom stereocenters. The van der Waals surface area contributed by atoms with Gasteiger partial charge in [-0.3, -0.25) is 10.1 Å². The van der Waals surface area contributed by atoms with Crippen molar-refractivity contribution < 1.29 is 17.8 Å². The van der Waals surface area contributed by atoms with Gasteiger partial charge in [0.25, 0.3) is 5.69 Å². The Balaban J connectivity index is 2.38. The summed E-state index contributed by atoms with van der Waals surface area (Å²) in [5.74, 6) is 0.371. The molecule has 0 amide bonds. The summed E-state index contributed by atoms with van der Waals surface area (Å²) in [5.41, 5.74) is 0.264. The number of furan rings is 1. The first-order valence-corrected chi connectivity index (χ1v) is 8.10. The van der Waals surface area contributed by atoms with E-state index in [0.29, 0.717) is 11.3 Å². The molecule has 2 rings (SSSR count). The number of non-ortho nitro benzene ring substituents is 1. The molecule has 0 fully saturated rings. The molecule has 0 aliphatic rings. The lowest BCUT2D eigenvalue weighted by atomic mass is 10.0. The molecular weight excluding hydrogens is 308 g/mol. The molecule has 0 saturated carbocycles. The summed E-state index contributed by atoms with van der Waals surface area (Å²) in [7, 11) is -3.88. The van der Waals surface area contributed by atoms with Gasteiger partial charge in [0.1, 0.15) is 5.76 Å². The van der Waals surface area contributed by atoms with Crippen molar-refractivity contribution in [2.75, 3.05) is 0 Å².